The molecule has 1 heterocycles. The van der Waals surface area contributed by atoms with Gasteiger partial charge in [0.25, 0.3) is 0 Å². The number of carbonyl (C=O) groups excluding carboxylic acids is 1. The molecule has 3 rings (SSSR count). The molecule has 4 nitrogen and oxygen atoms in total. The number of hydrogen-bond acceptors (Lipinski definition) is 5. The largest absolute Gasteiger partial charge is 0.493 e. The van der Waals surface area contributed by atoms with E-state index in [1.165, 1.54) is 37.4 Å². The molecule has 1 saturated carbocycles. The monoisotopic (exact) mass is 413 g/mol. The van der Waals surface area contributed by atoms with Crippen molar-refractivity contribution in [3.8, 4) is 11.5 Å². The first-order chi connectivity index (χ1) is 12.5. The Morgan fingerprint density at radius 1 is 1.23 bits per heavy atom. The van der Waals surface area contributed by atoms with Gasteiger partial charge in [-0.05, 0) is 30.4 Å². The van der Waals surface area contributed by atoms with Gasteiger partial charge in [-0.2, -0.15) is 0 Å². The molecule has 1 aliphatic carbocycles. The number of thiocarbonyl (C=S) groups is 1. The number of ether oxygens (including phenoxy) is 2. The molecule has 2 aliphatic rings. The quantitative estimate of drug-likeness (QED) is 0.605. The van der Waals surface area contributed by atoms with Crippen LogP contribution in [0.1, 0.15) is 37.7 Å². The van der Waals surface area contributed by atoms with Crippen molar-refractivity contribution in [1.82, 2.24) is 4.90 Å². The second-order valence-corrected chi connectivity index (χ2v) is 9.05. The summed E-state index contributed by atoms with van der Waals surface area (Å²) in [4.78, 5) is 14.6. The molecule has 0 bridgehead atoms. The van der Waals surface area contributed by atoms with Crippen LogP contribution >= 0.6 is 35.6 Å². The highest BCUT2D eigenvalue weighted by atomic mass is 35.5. The van der Waals surface area contributed by atoms with E-state index >= 15 is 0 Å². The first-order valence-electron chi connectivity index (χ1n) is 8.96. The zero-order chi connectivity index (χ0) is 18.7. The molecule has 1 atom stereocenters. The molecule has 7 heteroatoms. The first kappa shape index (κ1) is 19.8. The van der Waals surface area contributed by atoms with Gasteiger partial charge in [0.1, 0.15) is 4.32 Å². The van der Waals surface area contributed by atoms with Crippen molar-refractivity contribution in [2.75, 3.05) is 20.8 Å². The van der Waals surface area contributed by atoms with Crippen molar-refractivity contribution in [1.29, 1.82) is 0 Å². The molecule has 0 unspecified atom stereocenters. The number of methoxy groups -OCH3 is 2. The second-order valence-electron chi connectivity index (χ2n) is 6.80. The van der Waals surface area contributed by atoms with Crippen LogP contribution in [0.15, 0.2) is 12.1 Å². The summed E-state index contributed by atoms with van der Waals surface area (Å²) in [6.45, 7) is 0.742. The molecule has 1 aromatic rings. The van der Waals surface area contributed by atoms with Gasteiger partial charge in [-0.3, -0.25) is 9.69 Å². The molecule has 1 aliphatic heterocycles. The average Bonchev–Trinajstić information content (AvgIpc) is 3.23. The maximum Gasteiger partial charge on any atom is 0.241 e. The van der Waals surface area contributed by atoms with Crippen molar-refractivity contribution >= 4 is 45.8 Å². The standard InChI is InChI=1S/C19H24ClNO3S2/c1-23-15-9-13(14(20)11-16(15)24-2)10-17-18(22)21(19(25)26-17)8-7-12-5-3-4-6-12/h9,11-12,17H,3-8,10H2,1-2H3/t17-/m0/s1. The summed E-state index contributed by atoms with van der Waals surface area (Å²) in [6.07, 6.45) is 6.79. The zero-order valence-electron chi connectivity index (χ0n) is 15.1. The number of thioether (sulfide) groups is 1. The fraction of sp³-hybridized carbons (Fsp3) is 0.579. The molecule has 0 aromatic heterocycles. The second kappa shape index (κ2) is 8.81. The van der Waals surface area contributed by atoms with Gasteiger partial charge in [0, 0.05) is 17.6 Å². The van der Waals surface area contributed by atoms with Gasteiger partial charge in [0.05, 0.1) is 19.5 Å². The van der Waals surface area contributed by atoms with E-state index in [1.54, 1.807) is 25.2 Å². The number of amides is 1. The number of benzene rings is 1. The number of carbonyl (C=O) groups is 1. The van der Waals surface area contributed by atoms with Gasteiger partial charge in [0.2, 0.25) is 5.91 Å². The molecule has 1 saturated heterocycles. The summed E-state index contributed by atoms with van der Waals surface area (Å²) in [5, 5.41) is 0.355. The van der Waals surface area contributed by atoms with Crippen LogP contribution in [0.2, 0.25) is 5.02 Å². The third kappa shape index (κ3) is 4.29. The van der Waals surface area contributed by atoms with Crippen LogP contribution in [0.3, 0.4) is 0 Å². The van der Waals surface area contributed by atoms with Crippen molar-refractivity contribution in [3.05, 3.63) is 22.7 Å². The summed E-state index contributed by atoms with van der Waals surface area (Å²) < 4.78 is 11.3. The number of halogens is 1. The Hall–Kier alpha value is -0.980. The van der Waals surface area contributed by atoms with Gasteiger partial charge in [-0.1, -0.05) is 61.3 Å². The molecule has 0 spiro atoms. The molecule has 0 radical (unpaired) electrons. The van der Waals surface area contributed by atoms with Crippen molar-refractivity contribution in [2.24, 2.45) is 5.92 Å². The Balaban J connectivity index is 1.66. The summed E-state index contributed by atoms with van der Waals surface area (Å²) in [5.74, 6) is 2.04. The fourth-order valence-electron chi connectivity index (χ4n) is 3.69. The predicted molar refractivity (Wildman–Crippen MR) is 111 cm³/mol. The fourth-order valence-corrected chi connectivity index (χ4v) is 5.50. The average molecular weight is 414 g/mol. The van der Waals surface area contributed by atoms with Gasteiger partial charge in [0.15, 0.2) is 11.5 Å². The summed E-state index contributed by atoms with van der Waals surface area (Å²) in [7, 11) is 3.16. The van der Waals surface area contributed by atoms with E-state index in [0.29, 0.717) is 27.3 Å². The van der Waals surface area contributed by atoms with Gasteiger partial charge in [-0.25, -0.2) is 0 Å². The molecular formula is C19H24ClNO3S2. The molecule has 2 fully saturated rings. The topological polar surface area (TPSA) is 38.8 Å². The SMILES string of the molecule is COc1cc(Cl)c(C[C@@H]2SC(=S)N(CCC3CCCC3)C2=O)cc1OC. The zero-order valence-corrected chi connectivity index (χ0v) is 17.5. The van der Waals surface area contributed by atoms with E-state index < -0.39 is 0 Å². The highest BCUT2D eigenvalue weighted by molar-refractivity contribution is 8.24. The lowest BCUT2D eigenvalue weighted by atomic mass is 10.0. The minimum atomic E-state index is -0.221. The van der Waals surface area contributed by atoms with Crippen LogP contribution in [-0.2, 0) is 11.2 Å². The van der Waals surface area contributed by atoms with Crippen molar-refractivity contribution < 1.29 is 14.3 Å². The van der Waals surface area contributed by atoms with Crippen molar-refractivity contribution in [3.63, 3.8) is 0 Å². The third-order valence-electron chi connectivity index (χ3n) is 5.20. The Morgan fingerprint density at radius 3 is 2.54 bits per heavy atom. The number of nitrogens with zero attached hydrogens (tertiary/aromatic N) is 1. The minimum absolute atomic E-state index is 0.101. The van der Waals surface area contributed by atoms with Gasteiger partial charge in [-0.15, -0.1) is 0 Å². The summed E-state index contributed by atoms with van der Waals surface area (Å²) in [6, 6.07) is 3.58. The lowest BCUT2D eigenvalue weighted by Gasteiger charge is -2.18. The summed E-state index contributed by atoms with van der Waals surface area (Å²) in [5.41, 5.74) is 0.871. The smallest absolute Gasteiger partial charge is 0.241 e. The normalized spacial score (nSPS) is 20.9. The molecule has 0 N–H and O–H groups in total. The van der Waals surface area contributed by atoms with Crippen LogP contribution in [0.25, 0.3) is 0 Å². The van der Waals surface area contributed by atoms with Crippen molar-refractivity contribution in [2.45, 2.75) is 43.8 Å². The van der Waals surface area contributed by atoms with E-state index in [-0.39, 0.29) is 11.2 Å². The van der Waals surface area contributed by atoms with E-state index in [9.17, 15) is 4.79 Å². The highest BCUT2D eigenvalue weighted by Crippen LogP contribution is 2.37. The Morgan fingerprint density at radius 2 is 1.88 bits per heavy atom. The predicted octanol–water partition coefficient (Wildman–Crippen LogP) is 4.71. The van der Waals surface area contributed by atoms with E-state index in [0.717, 1.165) is 24.4 Å². The van der Waals surface area contributed by atoms with Crippen LogP contribution in [-0.4, -0.2) is 41.1 Å². The molecule has 1 amide bonds. The minimum Gasteiger partial charge on any atom is -0.493 e. The van der Waals surface area contributed by atoms with E-state index in [2.05, 4.69) is 0 Å². The maximum atomic E-state index is 12.8. The highest BCUT2D eigenvalue weighted by Gasteiger charge is 2.37. The molecular weight excluding hydrogens is 390 g/mol. The third-order valence-corrected chi connectivity index (χ3v) is 7.13. The Labute approximate surface area is 169 Å². The number of rotatable bonds is 7. The van der Waals surface area contributed by atoms with Gasteiger partial charge < -0.3 is 9.47 Å². The number of hydrogen-bond donors (Lipinski definition) is 0. The van der Waals surface area contributed by atoms with E-state index in [1.807, 2.05) is 6.07 Å². The lowest BCUT2D eigenvalue weighted by molar-refractivity contribution is -0.126. The van der Waals surface area contributed by atoms with Crippen LogP contribution in [0.5, 0.6) is 11.5 Å². The first-order valence-corrected chi connectivity index (χ1v) is 10.6. The summed E-state index contributed by atoms with van der Waals surface area (Å²) >= 11 is 13.3. The van der Waals surface area contributed by atoms with Gasteiger partial charge >= 0.3 is 0 Å². The van der Waals surface area contributed by atoms with Crippen LogP contribution < -0.4 is 9.47 Å². The molecule has 1 aromatic carbocycles. The van der Waals surface area contributed by atoms with Crippen LogP contribution in [0.4, 0.5) is 0 Å². The molecule has 142 valence electrons. The maximum absolute atomic E-state index is 12.8. The molecule has 26 heavy (non-hydrogen) atoms. The Kier molecular flexibility index (Phi) is 6.70. The lowest BCUT2D eigenvalue weighted by Crippen LogP contribution is -2.33. The van der Waals surface area contributed by atoms with E-state index in [4.69, 9.17) is 33.3 Å². The Bertz CT molecular complexity index is 692. The van der Waals surface area contributed by atoms with Crippen LogP contribution in [0, 0.1) is 5.92 Å².